The van der Waals surface area contributed by atoms with Crippen LogP contribution in [0.3, 0.4) is 0 Å². The molecule has 0 radical (unpaired) electrons. The largest absolute Gasteiger partial charge is 0.504 e. The van der Waals surface area contributed by atoms with Crippen LogP contribution in [0.4, 0.5) is 0 Å². The van der Waals surface area contributed by atoms with Crippen LogP contribution in [0.2, 0.25) is 0 Å². The number of esters is 2. The van der Waals surface area contributed by atoms with Crippen molar-refractivity contribution in [2.45, 2.75) is 69.2 Å². The first-order valence-electron chi connectivity index (χ1n) is 10.1. The smallest absolute Gasteiger partial charge is 0.352 e. The van der Waals surface area contributed by atoms with E-state index in [-0.39, 0.29) is 11.7 Å². The molecule has 1 aliphatic heterocycles. The summed E-state index contributed by atoms with van der Waals surface area (Å²) < 4.78 is 16.7. The Morgan fingerprint density at radius 1 is 1.34 bits per heavy atom. The highest BCUT2D eigenvalue weighted by molar-refractivity contribution is 5.79. The molecule has 1 fully saturated rings. The minimum absolute atomic E-state index is 0.0258. The van der Waals surface area contributed by atoms with E-state index in [0.29, 0.717) is 24.4 Å². The highest BCUT2D eigenvalue weighted by atomic mass is 16.6. The second-order valence-electron chi connectivity index (χ2n) is 8.62. The zero-order valence-electron chi connectivity index (χ0n) is 16.4. The summed E-state index contributed by atoms with van der Waals surface area (Å²) in [6, 6.07) is 3.53. The number of ether oxygens (including phenoxy) is 3. The van der Waals surface area contributed by atoms with Gasteiger partial charge in [0.25, 0.3) is 0 Å². The van der Waals surface area contributed by atoms with Crippen molar-refractivity contribution in [3.05, 3.63) is 35.1 Å². The fourth-order valence-electron chi connectivity index (χ4n) is 6.03. The van der Waals surface area contributed by atoms with Crippen LogP contribution < -0.4 is 4.74 Å². The van der Waals surface area contributed by atoms with E-state index in [4.69, 9.17) is 14.2 Å². The quantitative estimate of drug-likeness (QED) is 0.751. The third-order valence-electron chi connectivity index (χ3n) is 7.16. The second kappa shape index (κ2) is 5.98. The summed E-state index contributed by atoms with van der Waals surface area (Å²) in [6.07, 6.45) is 3.57. The van der Waals surface area contributed by atoms with Crippen LogP contribution in [0.5, 0.6) is 11.5 Å². The Kier molecular flexibility index (Phi) is 3.81. The molecule has 1 aromatic carbocycles. The number of carbonyl (C=O) groups excluding carboxylic acids is 2. The van der Waals surface area contributed by atoms with Crippen molar-refractivity contribution in [3.8, 4) is 11.5 Å². The Morgan fingerprint density at radius 3 is 2.90 bits per heavy atom. The molecule has 7 nitrogen and oxygen atoms in total. The van der Waals surface area contributed by atoms with E-state index < -0.39 is 35.2 Å². The van der Waals surface area contributed by atoms with Crippen LogP contribution in [0, 0.1) is 5.92 Å². The van der Waals surface area contributed by atoms with Crippen LogP contribution in [-0.4, -0.2) is 40.0 Å². The summed E-state index contributed by atoms with van der Waals surface area (Å²) >= 11 is 0. The van der Waals surface area contributed by atoms with Gasteiger partial charge in [-0.2, -0.15) is 0 Å². The van der Waals surface area contributed by atoms with Crippen molar-refractivity contribution in [2.75, 3.05) is 0 Å². The molecule has 0 aromatic heterocycles. The SMILES string of the molecule is CC(=O)O[C@@H](C)C(=O)OC1=CC[C@]2(O)[C@H]3CCC[C@]24c2c(ccc(O)c2O[C@H]14)C3. The van der Waals surface area contributed by atoms with Crippen LogP contribution in [0.1, 0.15) is 50.7 Å². The summed E-state index contributed by atoms with van der Waals surface area (Å²) in [5.41, 5.74) is 0.164. The Bertz CT molecular complexity index is 951. The molecule has 2 bridgehead atoms. The van der Waals surface area contributed by atoms with Crippen LogP contribution in [0.15, 0.2) is 24.0 Å². The van der Waals surface area contributed by atoms with E-state index in [2.05, 4.69) is 0 Å². The molecule has 0 amide bonds. The molecule has 1 aromatic rings. The lowest BCUT2D eigenvalue weighted by atomic mass is 9.47. The molecule has 7 heteroatoms. The van der Waals surface area contributed by atoms with Gasteiger partial charge in [0.1, 0.15) is 5.76 Å². The fourth-order valence-corrected chi connectivity index (χ4v) is 6.03. The van der Waals surface area contributed by atoms with Gasteiger partial charge in [-0.05, 0) is 56.2 Å². The molecule has 1 spiro atoms. The van der Waals surface area contributed by atoms with E-state index in [1.54, 1.807) is 12.1 Å². The molecule has 154 valence electrons. The zero-order chi connectivity index (χ0) is 20.6. The Morgan fingerprint density at radius 2 is 2.14 bits per heavy atom. The molecule has 1 heterocycles. The maximum Gasteiger partial charge on any atom is 0.352 e. The molecule has 5 rings (SSSR count). The van der Waals surface area contributed by atoms with E-state index in [9.17, 15) is 19.8 Å². The number of rotatable bonds is 3. The van der Waals surface area contributed by atoms with Crippen LogP contribution in [0.25, 0.3) is 0 Å². The van der Waals surface area contributed by atoms with Gasteiger partial charge in [-0.15, -0.1) is 0 Å². The van der Waals surface area contributed by atoms with Gasteiger partial charge in [-0.1, -0.05) is 12.5 Å². The average molecular weight is 400 g/mol. The topological polar surface area (TPSA) is 102 Å². The normalized spacial score (nSPS) is 34.4. The van der Waals surface area contributed by atoms with E-state index in [0.717, 1.165) is 30.4 Å². The number of hydrogen-bond acceptors (Lipinski definition) is 7. The number of benzene rings is 1. The molecule has 0 unspecified atom stereocenters. The van der Waals surface area contributed by atoms with Crippen molar-refractivity contribution in [1.29, 1.82) is 0 Å². The number of aliphatic hydroxyl groups is 1. The van der Waals surface area contributed by atoms with Gasteiger partial charge in [-0.25, -0.2) is 4.79 Å². The Labute approximate surface area is 168 Å². The molecular formula is C22H24O7. The van der Waals surface area contributed by atoms with Gasteiger partial charge in [0, 0.05) is 12.5 Å². The summed E-state index contributed by atoms with van der Waals surface area (Å²) in [5.74, 6) is -0.468. The lowest BCUT2D eigenvalue weighted by Gasteiger charge is -2.59. The first kappa shape index (κ1) is 18.5. The third-order valence-corrected chi connectivity index (χ3v) is 7.16. The number of carbonyl (C=O) groups is 2. The van der Waals surface area contributed by atoms with Crippen LogP contribution in [-0.2, 0) is 30.9 Å². The predicted octanol–water partition coefficient (Wildman–Crippen LogP) is 2.26. The van der Waals surface area contributed by atoms with Crippen LogP contribution >= 0.6 is 0 Å². The molecule has 29 heavy (non-hydrogen) atoms. The van der Waals surface area contributed by atoms with Gasteiger partial charge in [0.05, 0.1) is 11.0 Å². The molecule has 0 saturated heterocycles. The predicted molar refractivity (Wildman–Crippen MR) is 100 cm³/mol. The first-order chi connectivity index (χ1) is 13.8. The monoisotopic (exact) mass is 400 g/mol. The van der Waals surface area contributed by atoms with Gasteiger partial charge in [0.2, 0.25) is 0 Å². The van der Waals surface area contributed by atoms with Crippen molar-refractivity contribution >= 4 is 11.9 Å². The van der Waals surface area contributed by atoms with Crippen molar-refractivity contribution in [3.63, 3.8) is 0 Å². The standard InChI is InChI=1S/C22H24O7/c1-11(27-12(2)23)20(25)28-16-7-9-22(26)14-4-3-8-21(22)17-13(10-14)5-6-15(24)18(17)29-19(16)21/h5-7,11,14,19,24,26H,3-4,8-10H2,1-2H3/t11-,14-,19+,21+,22-/m0/s1. The van der Waals surface area contributed by atoms with Gasteiger partial charge >= 0.3 is 11.9 Å². The second-order valence-corrected chi connectivity index (χ2v) is 8.62. The summed E-state index contributed by atoms with van der Waals surface area (Å²) in [4.78, 5) is 23.6. The third kappa shape index (κ3) is 2.28. The minimum atomic E-state index is -1.05. The van der Waals surface area contributed by atoms with Gasteiger partial charge < -0.3 is 24.4 Å². The zero-order valence-corrected chi connectivity index (χ0v) is 16.4. The molecule has 4 aliphatic rings. The Hall–Kier alpha value is -2.54. The number of phenolic OH excluding ortho intramolecular Hbond substituents is 1. The number of hydrogen-bond donors (Lipinski definition) is 2. The summed E-state index contributed by atoms with van der Waals surface area (Å²) in [5, 5.41) is 22.3. The highest BCUT2D eigenvalue weighted by Gasteiger charge is 2.70. The van der Waals surface area contributed by atoms with Crippen molar-refractivity contribution < 1.29 is 34.0 Å². The van der Waals surface area contributed by atoms with E-state index in [1.807, 2.05) is 6.07 Å². The Balaban J connectivity index is 1.58. The maximum atomic E-state index is 12.5. The molecule has 3 aliphatic carbocycles. The first-order valence-corrected chi connectivity index (χ1v) is 10.1. The van der Waals surface area contributed by atoms with E-state index in [1.165, 1.54) is 13.8 Å². The average Bonchev–Trinajstić information content (AvgIpc) is 3.00. The lowest BCUT2D eigenvalue weighted by Crippen LogP contribution is -2.67. The maximum absolute atomic E-state index is 12.5. The van der Waals surface area contributed by atoms with Gasteiger partial charge in [-0.3, -0.25) is 4.79 Å². The van der Waals surface area contributed by atoms with Crippen molar-refractivity contribution in [1.82, 2.24) is 0 Å². The molecular weight excluding hydrogens is 376 g/mol. The fraction of sp³-hybridized carbons (Fsp3) is 0.545. The summed E-state index contributed by atoms with van der Waals surface area (Å²) in [6.45, 7) is 2.68. The minimum Gasteiger partial charge on any atom is -0.504 e. The molecule has 5 atom stereocenters. The number of aromatic hydroxyl groups is 1. The number of phenols is 1. The van der Waals surface area contributed by atoms with Gasteiger partial charge in [0.15, 0.2) is 23.7 Å². The van der Waals surface area contributed by atoms with Crippen molar-refractivity contribution in [2.24, 2.45) is 5.92 Å². The lowest BCUT2D eigenvalue weighted by molar-refractivity contribution is -0.170. The van der Waals surface area contributed by atoms with E-state index >= 15 is 0 Å². The molecule has 2 N–H and O–H groups in total. The highest BCUT2D eigenvalue weighted by Crippen LogP contribution is 2.67. The summed E-state index contributed by atoms with van der Waals surface area (Å²) in [7, 11) is 0. The molecule has 1 saturated carbocycles.